The van der Waals surface area contributed by atoms with Crippen molar-refractivity contribution in [2.75, 3.05) is 0 Å². The maximum absolute atomic E-state index is 10.9. The molecule has 2 aromatic carbocycles. The number of aromatic hydroxyl groups is 1. The van der Waals surface area contributed by atoms with Crippen molar-refractivity contribution in [3.05, 3.63) is 57.0 Å². The molecule has 1 amide bonds. The van der Waals surface area contributed by atoms with Crippen LogP contribution in [-0.4, -0.2) is 17.2 Å². The molecule has 0 aliphatic rings. The van der Waals surface area contributed by atoms with Crippen LogP contribution in [0.4, 0.5) is 5.69 Å². The molecular formula is C14H10BrClN2O2. The monoisotopic (exact) mass is 352 g/mol. The number of hydrogen-bond donors (Lipinski definition) is 2. The van der Waals surface area contributed by atoms with Gasteiger partial charge >= 0.3 is 0 Å². The number of aliphatic imine (C=N–C) groups is 1. The number of carbonyl (C=O) groups is 1. The van der Waals surface area contributed by atoms with E-state index in [9.17, 15) is 9.90 Å². The minimum absolute atomic E-state index is 0.0620. The van der Waals surface area contributed by atoms with E-state index in [2.05, 4.69) is 20.9 Å². The number of benzene rings is 2. The largest absolute Gasteiger partial charge is 0.506 e. The highest BCUT2D eigenvalue weighted by Crippen LogP contribution is 2.30. The number of primary amides is 1. The van der Waals surface area contributed by atoms with E-state index in [1.165, 1.54) is 6.21 Å². The van der Waals surface area contributed by atoms with Crippen LogP contribution >= 0.6 is 27.5 Å². The van der Waals surface area contributed by atoms with Crippen molar-refractivity contribution in [1.29, 1.82) is 0 Å². The Morgan fingerprint density at radius 1 is 1.30 bits per heavy atom. The number of nitrogens with two attached hydrogens (primary N) is 1. The lowest BCUT2D eigenvalue weighted by molar-refractivity contribution is 0.100. The fourth-order valence-electron chi connectivity index (χ4n) is 1.54. The van der Waals surface area contributed by atoms with Crippen LogP contribution in [-0.2, 0) is 0 Å². The average molecular weight is 354 g/mol. The Labute approximate surface area is 129 Å². The van der Waals surface area contributed by atoms with Gasteiger partial charge < -0.3 is 10.8 Å². The molecule has 102 valence electrons. The van der Waals surface area contributed by atoms with Gasteiger partial charge in [0.1, 0.15) is 5.75 Å². The number of carbonyl (C=O) groups excluding carboxylic acids is 1. The van der Waals surface area contributed by atoms with Crippen molar-refractivity contribution in [1.82, 2.24) is 0 Å². The predicted octanol–water partition coefficient (Wildman–Crippen LogP) is 3.66. The quantitative estimate of drug-likeness (QED) is 0.826. The zero-order valence-electron chi connectivity index (χ0n) is 10.2. The molecule has 3 N–H and O–H groups in total. The molecule has 0 spiro atoms. The summed E-state index contributed by atoms with van der Waals surface area (Å²) in [6, 6.07) is 9.69. The van der Waals surface area contributed by atoms with Crippen LogP contribution in [0.2, 0.25) is 5.02 Å². The third kappa shape index (κ3) is 3.37. The van der Waals surface area contributed by atoms with E-state index in [1.807, 2.05) is 0 Å². The number of amides is 1. The van der Waals surface area contributed by atoms with Crippen molar-refractivity contribution >= 4 is 45.3 Å². The third-order valence-electron chi connectivity index (χ3n) is 2.56. The van der Waals surface area contributed by atoms with E-state index in [4.69, 9.17) is 17.3 Å². The maximum atomic E-state index is 10.9. The first kappa shape index (κ1) is 14.6. The van der Waals surface area contributed by atoms with E-state index in [0.29, 0.717) is 26.3 Å². The van der Waals surface area contributed by atoms with Gasteiger partial charge in [0.05, 0.1) is 10.2 Å². The zero-order valence-corrected chi connectivity index (χ0v) is 12.5. The van der Waals surface area contributed by atoms with Crippen molar-refractivity contribution in [3.63, 3.8) is 0 Å². The number of nitrogens with zero attached hydrogens (tertiary/aromatic N) is 1. The van der Waals surface area contributed by atoms with Gasteiger partial charge in [0.2, 0.25) is 5.91 Å². The van der Waals surface area contributed by atoms with E-state index in [1.54, 1.807) is 36.4 Å². The highest BCUT2D eigenvalue weighted by molar-refractivity contribution is 9.10. The molecule has 0 saturated heterocycles. The minimum Gasteiger partial charge on any atom is -0.506 e. The van der Waals surface area contributed by atoms with Gasteiger partial charge in [0.25, 0.3) is 0 Å². The minimum atomic E-state index is -0.489. The van der Waals surface area contributed by atoms with Crippen LogP contribution in [0.1, 0.15) is 15.9 Å². The number of phenolic OH excluding ortho intramolecular Hbond substituents is 1. The molecule has 4 nitrogen and oxygen atoms in total. The fourth-order valence-corrected chi connectivity index (χ4v) is 2.37. The lowest BCUT2D eigenvalue weighted by Gasteiger charge is -2.02. The summed E-state index contributed by atoms with van der Waals surface area (Å²) in [5.74, 6) is -0.427. The highest BCUT2D eigenvalue weighted by atomic mass is 79.9. The highest BCUT2D eigenvalue weighted by Gasteiger charge is 2.05. The molecule has 0 unspecified atom stereocenters. The lowest BCUT2D eigenvalue weighted by Crippen LogP contribution is -2.10. The summed E-state index contributed by atoms with van der Waals surface area (Å²) >= 11 is 9.11. The Hall–Kier alpha value is -1.85. The summed E-state index contributed by atoms with van der Waals surface area (Å²) in [7, 11) is 0. The van der Waals surface area contributed by atoms with Crippen molar-refractivity contribution in [2.45, 2.75) is 0 Å². The van der Waals surface area contributed by atoms with Crippen LogP contribution < -0.4 is 5.73 Å². The van der Waals surface area contributed by atoms with E-state index < -0.39 is 5.91 Å². The molecule has 6 heteroatoms. The molecule has 0 radical (unpaired) electrons. The summed E-state index contributed by atoms with van der Waals surface area (Å²) in [4.78, 5) is 15.1. The SMILES string of the molecule is NC(=O)c1ccc(N=Cc2cc(Cl)cc(Br)c2O)cc1. The van der Waals surface area contributed by atoms with Gasteiger partial charge in [0.15, 0.2) is 0 Å². The van der Waals surface area contributed by atoms with Crippen molar-refractivity contribution in [3.8, 4) is 5.75 Å². The van der Waals surface area contributed by atoms with E-state index in [0.717, 1.165) is 0 Å². The van der Waals surface area contributed by atoms with Gasteiger partial charge in [-0.15, -0.1) is 0 Å². The molecule has 0 aromatic heterocycles. The Bertz CT molecular complexity index is 684. The summed E-state index contributed by atoms with van der Waals surface area (Å²) < 4.78 is 0.496. The number of phenols is 1. The molecular weight excluding hydrogens is 344 g/mol. The lowest BCUT2D eigenvalue weighted by atomic mass is 10.2. The first-order valence-electron chi connectivity index (χ1n) is 5.59. The van der Waals surface area contributed by atoms with Gasteiger partial charge in [-0.05, 0) is 52.3 Å². The van der Waals surface area contributed by atoms with Crippen molar-refractivity contribution in [2.24, 2.45) is 10.7 Å². The second-order valence-corrected chi connectivity index (χ2v) is 5.29. The van der Waals surface area contributed by atoms with E-state index in [-0.39, 0.29) is 5.75 Å². The average Bonchev–Trinajstić information content (AvgIpc) is 2.41. The molecule has 0 aliphatic heterocycles. The predicted molar refractivity (Wildman–Crippen MR) is 83.0 cm³/mol. The van der Waals surface area contributed by atoms with Crippen LogP contribution in [0.5, 0.6) is 5.75 Å². The summed E-state index contributed by atoms with van der Waals surface area (Å²) in [5, 5.41) is 10.3. The number of rotatable bonds is 3. The summed E-state index contributed by atoms with van der Waals surface area (Å²) in [6.07, 6.45) is 1.49. The molecule has 2 aromatic rings. The molecule has 0 saturated carbocycles. The first-order chi connectivity index (χ1) is 9.47. The van der Waals surface area contributed by atoms with Gasteiger partial charge in [-0.25, -0.2) is 0 Å². The van der Waals surface area contributed by atoms with Crippen LogP contribution in [0, 0.1) is 0 Å². The van der Waals surface area contributed by atoms with Crippen LogP contribution in [0.15, 0.2) is 45.9 Å². The Kier molecular flexibility index (Phi) is 4.42. The van der Waals surface area contributed by atoms with Gasteiger partial charge in [-0.2, -0.15) is 0 Å². The normalized spacial score (nSPS) is 10.9. The topological polar surface area (TPSA) is 75.7 Å². The Balaban J connectivity index is 2.27. The standard InChI is InChI=1S/C14H10BrClN2O2/c15-12-6-10(16)5-9(13(12)19)7-18-11-3-1-8(2-4-11)14(17)20/h1-7,19H,(H2,17,20). The van der Waals surface area contributed by atoms with Gasteiger partial charge in [0, 0.05) is 22.4 Å². The first-order valence-corrected chi connectivity index (χ1v) is 6.76. The van der Waals surface area contributed by atoms with Gasteiger partial charge in [-0.1, -0.05) is 11.6 Å². The second kappa shape index (κ2) is 6.07. The summed E-state index contributed by atoms with van der Waals surface area (Å²) in [6.45, 7) is 0. The second-order valence-electron chi connectivity index (χ2n) is 3.99. The molecule has 0 bridgehead atoms. The van der Waals surface area contributed by atoms with Crippen LogP contribution in [0.3, 0.4) is 0 Å². The number of halogens is 2. The van der Waals surface area contributed by atoms with Crippen LogP contribution in [0.25, 0.3) is 0 Å². The Morgan fingerprint density at radius 3 is 2.55 bits per heavy atom. The van der Waals surface area contributed by atoms with Gasteiger partial charge in [-0.3, -0.25) is 9.79 Å². The van der Waals surface area contributed by atoms with E-state index >= 15 is 0 Å². The maximum Gasteiger partial charge on any atom is 0.248 e. The molecule has 0 heterocycles. The third-order valence-corrected chi connectivity index (χ3v) is 3.38. The molecule has 2 rings (SSSR count). The number of hydrogen-bond acceptors (Lipinski definition) is 3. The fraction of sp³-hybridized carbons (Fsp3) is 0. The Morgan fingerprint density at radius 2 is 1.95 bits per heavy atom. The van der Waals surface area contributed by atoms with Crippen molar-refractivity contribution < 1.29 is 9.90 Å². The zero-order chi connectivity index (χ0) is 14.7. The smallest absolute Gasteiger partial charge is 0.248 e. The molecule has 20 heavy (non-hydrogen) atoms. The molecule has 0 atom stereocenters. The summed E-state index contributed by atoms with van der Waals surface area (Å²) in [5.41, 5.74) is 6.69. The molecule has 0 fully saturated rings. The molecule has 0 aliphatic carbocycles.